The lowest BCUT2D eigenvalue weighted by Crippen LogP contribution is -2.58. The SMILES string of the molecule is Cc1nc(COc2ccccc2/C=C/C(=O)N2CCNC(=O)C2C(C)C)cs1. The molecule has 2 heterocycles. The normalized spacial score (nSPS) is 17.2. The maximum atomic E-state index is 12.7. The molecule has 1 saturated heterocycles. The van der Waals surface area contributed by atoms with Gasteiger partial charge in [-0.05, 0) is 25.0 Å². The Balaban J connectivity index is 1.71. The zero-order chi connectivity index (χ0) is 20.1. The quantitative estimate of drug-likeness (QED) is 0.758. The largest absolute Gasteiger partial charge is 0.487 e. The molecule has 0 saturated carbocycles. The maximum Gasteiger partial charge on any atom is 0.247 e. The van der Waals surface area contributed by atoms with Gasteiger partial charge >= 0.3 is 0 Å². The summed E-state index contributed by atoms with van der Waals surface area (Å²) in [5.41, 5.74) is 1.70. The molecule has 0 radical (unpaired) electrons. The van der Waals surface area contributed by atoms with Crippen molar-refractivity contribution in [1.29, 1.82) is 0 Å². The van der Waals surface area contributed by atoms with Gasteiger partial charge in [0.25, 0.3) is 0 Å². The van der Waals surface area contributed by atoms with Gasteiger partial charge in [0.05, 0.1) is 10.7 Å². The number of amides is 2. The van der Waals surface area contributed by atoms with E-state index in [1.165, 1.54) is 6.08 Å². The van der Waals surface area contributed by atoms with E-state index in [0.29, 0.717) is 25.4 Å². The van der Waals surface area contributed by atoms with E-state index in [9.17, 15) is 9.59 Å². The molecule has 0 aliphatic carbocycles. The van der Waals surface area contributed by atoms with Gasteiger partial charge in [0, 0.05) is 30.1 Å². The fourth-order valence-corrected chi connectivity index (χ4v) is 3.82. The minimum atomic E-state index is -0.440. The molecule has 28 heavy (non-hydrogen) atoms. The summed E-state index contributed by atoms with van der Waals surface area (Å²) >= 11 is 1.59. The highest BCUT2D eigenvalue weighted by Gasteiger charge is 2.34. The molecular formula is C21H25N3O3S. The number of hydrogen-bond acceptors (Lipinski definition) is 5. The minimum absolute atomic E-state index is 0.0508. The predicted octanol–water partition coefficient (Wildman–Crippen LogP) is 3.03. The summed E-state index contributed by atoms with van der Waals surface area (Å²) in [5, 5.41) is 5.81. The van der Waals surface area contributed by atoms with Crippen molar-refractivity contribution in [3.63, 3.8) is 0 Å². The molecule has 1 atom stereocenters. The highest BCUT2D eigenvalue weighted by atomic mass is 32.1. The van der Waals surface area contributed by atoms with Crippen LogP contribution in [-0.4, -0.2) is 40.8 Å². The molecule has 1 aromatic carbocycles. The fourth-order valence-electron chi connectivity index (χ4n) is 3.23. The Labute approximate surface area is 169 Å². The van der Waals surface area contributed by atoms with Crippen LogP contribution in [0.5, 0.6) is 5.75 Å². The van der Waals surface area contributed by atoms with Crippen LogP contribution in [0.25, 0.3) is 6.08 Å². The van der Waals surface area contributed by atoms with E-state index < -0.39 is 6.04 Å². The number of carbonyl (C=O) groups excluding carboxylic acids is 2. The van der Waals surface area contributed by atoms with Gasteiger partial charge in [-0.1, -0.05) is 32.0 Å². The molecule has 2 amide bonds. The summed E-state index contributed by atoms with van der Waals surface area (Å²) in [6.45, 7) is 7.23. The average Bonchev–Trinajstić information content (AvgIpc) is 3.09. The topological polar surface area (TPSA) is 71.5 Å². The molecule has 2 aromatic rings. The molecule has 1 unspecified atom stereocenters. The monoisotopic (exact) mass is 399 g/mol. The van der Waals surface area contributed by atoms with Crippen LogP contribution in [0.2, 0.25) is 0 Å². The number of benzene rings is 1. The third-order valence-electron chi connectivity index (χ3n) is 4.54. The lowest BCUT2D eigenvalue weighted by Gasteiger charge is -2.36. The summed E-state index contributed by atoms with van der Waals surface area (Å²) < 4.78 is 5.89. The summed E-state index contributed by atoms with van der Waals surface area (Å²) in [4.78, 5) is 30.9. The molecule has 1 N–H and O–H groups in total. The first-order valence-electron chi connectivity index (χ1n) is 9.35. The van der Waals surface area contributed by atoms with E-state index in [4.69, 9.17) is 4.74 Å². The van der Waals surface area contributed by atoms with Crippen molar-refractivity contribution in [2.24, 2.45) is 5.92 Å². The molecule has 3 rings (SSSR count). The van der Waals surface area contributed by atoms with Crippen molar-refractivity contribution < 1.29 is 14.3 Å². The van der Waals surface area contributed by atoms with Crippen LogP contribution in [0.3, 0.4) is 0 Å². The number of carbonyl (C=O) groups is 2. The highest BCUT2D eigenvalue weighted by molar-refractivity contribution is 7.09. The zero-order valence-electron chi connectivity index (χ0n) is 16.3. The zero-order valence-corrected chi connectivity index (χ0v) is 17.2. The Bertz CT molecular complexity index is 875. The third-order valence-corrected chi connectivity index (χ3v) is 5.36. The van der Waals surface area contributed by atoms with Crippen molar-refractivity contribution in [1.82, 2.24) is 15.2 Å². The Morgan fingerprint density at radius 2 is 2.21 bits per heavy atom. The minimum Gasteiger partial charge on any atom is -0.487 e. The molecule has 1 aliphatic heterocycles. The lowest BCUT2D eigenvalue weighted by molar-refractivity contribution is -0.141. The van der Waals surface area contributed by atoms with Gasteiger partial charge in [-0.15, -0.1) is 11.3 Å². The van der Waals surface area contributed by atoms with Crippen LogP contribution in [0.1, 0.15) is 30.1 Å². The molecule has 6 nitrogen and oxygen atoms in total. The van der Waals surface area contributed by atoms with E-state index in [2.05, 4.69) is 10.3 Å². The summed E-state index contributed by atoms with van der Waals surface area (Å²) in [6, 6.07) is 7.12. The highest BCUT2D eigenvalue weighted by Crippen LogP contribution is 2.22. The van der Waals surface area contributed by atoms with Gasteiger partial charge in [0.15, 0.2) is 0 Å². The number of nitrogens with one attached hydrogen (secondary N) is 1. The van der Waals surface area contributed by atoms with Crippen LogP contribution in [0.4, 0.5) is 0 Å². The Morgan fingerprint density at radius 3 is 2.93 bits per heavy atom. The summed E-state index contributed by atoms with van der Waals surface area (Å²) in [6.07, 6.45) is 3.26. The molecule has 1 aliphatic rings. The van der Waals surface area contributed by atoms with Gasteiger partial charge in [-0.2, -0.15) is 0 Å². The second kappa shape index (κ2) is 9.01. The van der Waals surface area contributed by atoms with E-state index in [1.807, 2.05) is 50.4 Å². The van der Waals surface area contributed by atoms with Crippen molar-refractivity contribution in [3.8, 4) is 5.75 Å². The van der Waals surface area contributed by atoms with Gasteiger partial charge in [0.2, 0.25) is 11.8 Å². The van der Waals surface area contributed by atoms with E-state index >= 15 is 0 Å². The number of piperazine rings is 1. The Morgan fingerprint density at radius 1 is 1.43 bits per heavy atom. The van der Waals surface area contributed by atoms with Crippen LogP contribution < -0.4 is 10.1 Å². The predicted molar refractivity (Wildman–Crippen MR) is 110 cm³/mol. The van der Waals surface area contributed by atoms with Gasteiger partial charge in [-0.3, -0.25) is 9.59 Å². The summed E-state index contributed by atoms with van der Waals surface area (Å²) in [7, 11) is 0. The summed E-state index contributed by atoms with van der Waals surface area (Å²) in [5.74, 6) is 0.479. The molecule has 1 aromatic heterocycles. The first-order chi connectivity index (χ1) is 13.5. The fraction of sp³-hybridized carbons (Fsp3) is 0.381. The molecule has 0 spiro atoms. The first-order valence-corrected chi connectivity index (χ1v) is 10.2. The van der Waals surface area contributed by atoms with Crippen LogP contribution in [-0.2, 0) is 16.2 Å². The third kappa shape index (κ3) is 4.78. The van der Waals surface area contributed by atoms with Gasteiger partial charge in [-0.25, -0.2) is 4.98 Å². The number of thiazole rings is 1. The smallest absolute Gasteiger partial charge is 0.247 e. The van der Waals surface area contributed by atoms with Crippen molar-refractivity contribution in [2.45, 2.75) is 33.4 Å². The van der Waals surface area contributed by atoms with Gasteiger partial charge < -0.3 is 15.0 Å². The van der Waals surface area contributed by atoms with Crippen molar-refractivity contribution in [3.05, 3.63) is 52.0 Å². The van der Waals surface area contributed by atoms with E-state index in [-0.39, 0.29) is 17.7 Å². The van der Waals surface area contributed by atoms with Crippen molar-refractivity contribution >= 4 is 29.2 Å². The number of para-hydroxylation sites is 1. The number of aromatic nitrogens is 1. The first kappa shape index (κ1) is 20.1. The molecular weight excluding hydrogens is 374 g/mol. The van der Waals surface area contributed by atoms with E-state index in [0.717, 1.165) is 16.3 Å². The number of rotatable bonds is 6. The molecule has 0 bridgehead atoms. The second-order valence-electron chi connectivity index (χ2n) is 7.03. The molecule has 148 valence electrons. The number of nitrogens with zero attached hydrogens (tertiary/aromatic N) is 2. The van der Waals surface area contributed by atoms with Gasteiger partial charge in [0.1, 0.15) is 18.4 Å². The average molecular weight is 400 g/mol. The Hall–Kier alpha value is -2.67. The lowest BCUT2D eigenvalue weighted by atomic mass is 9.99. The van der Waals surface area contributed by atoms with Crippen LogP contribution >= 0.6 is 11.3 Å². The van der Waals surface area contributed by atoms with Crippen LogP contribution in [0.15, 0.2) is 35.7 Å². The van der Waals surface area contributed by atoms with Crippen LogP contribution in [0, 0.1) is 12.8 Å². The number of hydrogen-bond donors (Lipinski definition) is 1. The Kier molecular flexibility index (Phi) is 6.46. The molecule has 7 heteroatoms. The van der Waals surface area contributed by atoms with E-state index in [1.54, 1.807) is 22.3 Å². The second-order valence-corrected chi connectivity index (χ2v) is 8.09. The van der Waals surface area contributed by atoms with Crippen molar-refractivity contribution in [2.75, 3.05) is 13.1 Å². The number of ether oxygens (including phenoxy) is 1. The number of aryl methyl sites for hydroxylation is 1. The molecule has 1 fully saturated rings. The standard InChI is InChI=1S/C21H25N3O3S/c1-14(2)20-21(26)22-10-11-24(20)19(25)9-8-16-6-4-5-7-18(16)27-12-17-13-28-15(3)23-17/h4-9,13-14,20H,10-12H2,1-3H3,(H,22,26)/b9-8+. The maximum absolute atomic E-state index is 12.7.